The maximum atomic E-state index is 13.3. The van der Waals surface area contributed by atoms with Crippen LogP contribution in [0.15, 0.2) is 35.2 Å². The van der Waals surface area contributed by atoms with Crippen molar-refractivity contribution in [2.45, 2.75) is 63.5 Å². The predicted octanol–water partition coefficient (Wildman–Crippen LogP) is 1.96. The third-order valence-corrected chi connectivity index (χ3v) is 8.63. The summed E-state index contributed by atoms with van der Waals surface area (Å²) < 4.78 is 33.7. The number of ether oxygens (including phenoxy) is 1. The molecule has 0 spiro atoms. The van der Waals surface area contributed by atoms with Crippen LogP contribution in [0.5, 0.6) is 5.75 Å². The number of piperazine rings is 1. The quantitative estimate of drug-likeness (QED) is 0.425. The van der Waals surface area contributed by atoms with E-state index in [0.29, 0.717) is 12.4 Å². The van der Waals surface area contributed by atoms with Crippen molar-refractivity contribution in [3.8, 4) is 5.75 Å². The molecule has 1 atom stereocenters. The van der Waals surface area contributed by atoms with Crippen molar-refractivity contribution < 1.29 is 28.0 Å². The Morgan fingerprint density at radius 3 is 2.58 bits per heavy atom. The van der Waals surface area contributed by atoms with Gasteiger partial charge in [-0.15, -0.1) is 0 Å². The molecule has 0 saturated carbocycles. The molecule has 1 aromatic heterocycles. The van der Waals surface area contributed by atoms with E-state index in [1.165, 1.54) is 28.1 Å². The number of pyridine rings is 1. The minimum absolute atomic E-state index is 0.0496. The zero-order valence-corrected chi connectivity index (χ0v) is 21.4. The highest BCUT2D eigenvalue weighted by Gasteiger charge is 2.39. The summed E-state index contributed by atoms with van der Waals surface area (Å²) in [5, 5.41) is 9.09. The third-order valence-electron chi connectivity index (χ3n) is 6.76. The largest absolute Gasteiger partial charge is 0.489 e. The Kier molecular flexibility index (Phi) is 7.91. The van der Waals surface area contributed by atoms with E-state index in [-0.39, 0.29) is 36.9 Å². The molecular weight excluding hydrogens is 484 g/mol. The molecule has 1 aliphatic carbocycles. The van der Waals surface area contributed by atoms with E-state index in [1.54, 1.807) is 19.1 Å². The summed E-state index contributed by atoms with van der Waals surface area (Å²) in [5.41, 5.74) is 6.02. The van der Waals surface area contributed by atoms with Crippen LogP contribution in [-0.2, 0) is 39.1 Å². The van der Waals surface area contributed by atoms with Crippen molar-refractivity contribution in [1.82, 2.24) is 19.7 Å². The Morgan fingerprint density at radius 1 is 1.17 bits per heavy atom. The molecule has 1 aromatic carbocycles. The van der Waals surface area contributed by atoms with E-state index < -0.39 is 22.0 Å². The number of amides is 2. The number of sulfonamides is 1. The standard InChI is InChI=1S/C25H32N4O6S/c1-3-24(30)29-13-12-28(15-23(29)25(31)27-32)36(33,34)20-10-8-19(9-11-20)35-16-18-14-17(2)26-22-7-5-4-6-21(18)22/h8-11,14,23,32H,3-7,12-13,15-16H2,1-2H3,(H,27,31). The summed E-state index contributed by atoms with van der Waals surface area (Å²) in [5.74, 6) is -0.564. The highest BCUT2D eigenvalue weighted by atomic mass is 32.2. The maximum Gasteiger partial charge on any atom is 0.267 e. The number of aryl methyl sites for hydroxylation is 2. The number of carbonyl (C=O) groups is 2. The Hall–Kier alpha value is -3.02. The van der Waals surface area contributed by atoms with Crippen LogP contribution in [0, 0.1) is 6.92 Å². The zero-order chi connectivity index (χ0) is 25.9. The molecular formula is C25H32N4O6S. The molecule has 4 rings (SSSR count). The van der Waals surface area contributed by atoms with Crippen LogP contribution in [0.1, 0.15) is 48.7 Å². The fourth-order valence-corrected chi connectivity index (χ4v) is 6.30. The van der Waals surface area contributed by atoms with Gasteiger partial charge in [0, 0.05) is 37.4 Å². The number of nitrogens with one attached hydrogen (secondary N) is 1. The van der Waals surface area contributed by atoms with Gasteiger partial charge < -0.3 is 9.64 Å². The molecule has 2 aromatic rings. The number of fused-ring (bicyclic) bond motifs is 1. The van der Waals surface area contributed by atoms with Gasteiger partial charge in [-0.3, -0.25) is 19.8 Å². The lowest BCUT2D eigenvalue weighted by Gasteiger charge is -2.39. The van der Waals surface area contributed by atoms with Crippen LogP contribution in [0.3, 0.4) is 0 Å². The minimum Gasteiger partial charge on any atom is -0.489 e. The summed E-state index contributed by atoms with van der Waals surface area (Å²) in [6.45, 7) is 3.88. The number of aromatic nitrogens is 1. The highest BCUT2D eigenvalue weighted by Crippen LogP contribution is 2.27. The number of rotatable bonds is 7. The smallest absolute Gasteiger partial charge is 0.267 e. The first-order chi connectivity index (χ1) is 17.2. The van der Waals surface area contributed by atoms with Gasteiger partial charge in [-0.1, -0.05) is 6.92 Å². The van der Waals surface area contributed by atoms with Crippen LogP contribution in [0.2, 0.25) is 0 Å². The number of hydrogen-bond acceptors (Lipinski definition) is 7. The van der Waals surface area contributed by atoms with E-state index in [9.17, 15) is 18.0 Å². The fourth-order valence-electron chi connectivity index (χ4n) is 4.87. The number of hydroxylamine groups is 1. The van der Waals surface area contributed by atoms with Gasteiger partial charge in [-0.2, -0.15) is 4.31 Å². The molecule has 194 valence electrons. The summed E-state index contributed by atoms with van der Waals surface area (Å²) in [7, 11) is -3.92. The minimum atomic E-state index is -3.92. The lowest BCUT2D eigenvalue weighted by Crippen LogP contribution is -2.61. The van der Waals surface area contributed by atoms with Gasteiger partial charge in [0.25, 0.3) is 5.91 Å². The molecule has 36 heavy (non-hydrogen) atoms. The molecule has 10 nitrogen and oxygen atoms in total. The summed E-state index contributed by atoms with van der Waals surface area (Å²) >= 11 is 0. The molecule has 0 radical (unpaired) electrons. The molecule has 2 heterocycles. The van der Waals surface area contributed by atoms with Crippen LogP contribution in [0.4, 0.5) is 0 Å². The Morgan fingerprint density at radius 2 is 1.89 bits per heavy atom. The van der Waals surface area contributed by atoms with E-state index >= 15 is 0 Å². The van der Waals surface area contributed by atoms with E-state index in [0.717, 1.165) is 46.9 Å². The Labute approximate surface area is 211 Å². The lowest BCUT2D eigenvalue weighted by atomic mass is 9.92. The van der Waals surface area contributed by atoms with E-state index in [1.807, 2.05) is 13.0 Å². The average Bonchev–Trinajstić information content (AvgIpc) is 2.90. The molecule has 2 N–H and O–H groups in total. The second kappa shape index (κ2) is 10.9. The molecule has 1 aliphatic heterocycles. The number of carbonyl (C=O) groups excluding carboxylic acids is 2. The number of benzene rings is 1. The van der Waals surface area contributed by atoms with Gasteiger partial charge in [-0.25, -0.2) is 13.9 Å². The summed E-state index contributed by atoms with van der Waals surface area (Å²) in [6, 6.07) is 7.11. The average molecular weight is 517 g/mol. The molecule has 11 heteroatoms. The first-order valence-electron chi connectivity index (χ1n) is 12.2. The molecule has 1 unspecified atom stereocenters. The summed E-state index contributed by atoms with van der Waals surface area (Å²) in [4.78, 5) is 30.4. The van der Waals surface area contributed by atoms with Gasteiger partial charge in [0.15, 0.2) is 0 Å². The van der Waals surface area contributed by atoms with Crippen molar-refractivity contribution in [3.63, 3.8) is 0 Å². The molecule has 0 bridgehead atoms. The van der Waals surface area contributed by atoms with Crippen LogP contribution < -0.4 is 10.2 Å². The monoisotopic (exact) mass is 516 g/mol. The first-order valence-corrected chi connectivity index (χ1v) is 13.6. The normalized spacial score (nSPS) is 18.4. The van der Waals surface area contributed by atoms with Gasteiger partial charge in [0.05, 0.1) is 4.90 Å². The Balaban J connectivity index is 1.46. The van der Waals surface area contributed by atoms with E-state index in [2.05, 4.69) is 4.98 Å². The van der Waals surface area contributed by atoms with Gasteiger partial charge in [0.1, 0.15) is 18.4 Å². The highest BCUT2D eigenvalue weighted by molar-refractivity contribution is 7.89. The van der Waals surface area contributed by atoms with Gasteiger partial charge >= 0.3 is 0 Å². The van der Waals surface area contributed by atoms with Crippen molar-refractivity contribution in [3.05, 3.63) is 52.8 Å². The van der Waals surface area contributed by atoms with Crippen LogP contribution in [-0.4, -0.2) is 65.3 Å². The van der Waals surface area contributed by atoms with Crippen molar-refractivity contribution in [2.24, 2.45) is 0 Å². The molecule has 2 aliphatic rings. The van der Waals surface area contributed by atoms with Crippen LogP contribution in [0.25, 0.3) is 0 Å². The maximum absolute atomic E-state index is 13.3. The van der Waals surface area contributed by atoms with Crippen molar-refractivity contribution >= 4 is 21.8 Å². The van der Waals surface area contributed by atoms with Gasteiger partial charge in [-0.05, 0) is 74.1 Å². The lowest BCUT2D eigenvalue weighted by molar-refractivity contribution is -0.146. The molecule has 1 saturated heterocycles. The second-order valence-corrected chi connectivity index (χ2v) is 11.0. The van der Waals surface area contributed by atoms with Gasteiger partial charge in [0.2, 0.25) is 15.9 Å². The second-order valence-electron chi connectivity index (χ2n) is 9.11. The first kappa shape index (κ1) is 26.1. The SMILES string of the molecule is CCC(=O)N1CCN(S(=O)(=O)c2ccc(OCc3cc(C)nc4c3CCCC4)cc2)CC1C(=O)NO. The van der Waals surface area contributed by atoms with Crippen molar-refractivity contribution in [2.75, 3.05) is 19.6 Å². The van der Waals surface area contributed by atoms with Crippen LogP contribution >= 0.6 is 0 Å². The molecule has 1 fully saturated rings. The number of nitrogens with zero attached hydrogens (tertiary/aromatic N) is 3. The van der Waals surface area contributed by atoms with Crippen molar-refractivity contribution in [1.29, 1.82) is 0 Å². The Bertz CT molecular complexity index is 1230. The zero-order valence-electron chi connectivity index (χ0n) is 20.6. The number of hydrogen-bond donors (Lipinski definition) is 2. The third kappa shape index (κ3) is 5.37. The topological polar surface area (TPSA) is 129 Å². The summed E-state index contributed by atoms with van der Waals surface area (Å²) in [6.07, 6.45) is 4.43. The fraction of sp³-hybridized carbons (Fsp3) is 0.480. The predicted molar refractivity (Wildman–Crippen MR) is 131 cm³/mol. The molecule has 2 amide bonds. The van der Waals surface area contributed by atoms with E-state index in [4.69, 9.17) is 9.94 Å².